The van der Waals surface area contributed by atoms with Crippen LogP contribution in [0.3, 0.4) is 0 Å². The maximum Gasteiger partial charge on any atom is 0.460 e. The van der Waals surface area contributed by atoms with E-state index in [0.29, 0.717) is 0 Å². The Morgan fingerprint density at radius 3 is 1.46 bits per heavy atom. The van der Waals surface area contributed by atoms with Crippen LogP contribution >= 0.6 is 0 Å². The fraction of sp³-hybridized carbons (Fsp3) is 1.00. The largest absolute Gasteiger partial charge is 0.503 e. The van der Waals surface area contributed by atoms with Crippen LogP contribution in [0.4, 0.5) is 0 Å². The van der Waals surface area contributed by atoms with Gasteiger partial charge in [0.25, 0.3) is 0 Å². The van der Waals surface area contributed by atoms with Gasteiger partial charge in [0, 0.05) is 13.7 Å². The molecule has 0 saturated carbocycles. The van der Waals surface area contributed by atoms with Crippen molar-refractivity contribution in [3.63, 3.8) is 0 Å². The summed E-state index contributed by atoms with van der Waals surface area (Å²) in [7, 11) is 1.76. The molecule has 0 amide bonds. The lowest BCUT2D eigenvalue weighted by Gasteiger charge is -2.04. The van der Waals surface area contributed by atoms with Crippen LogP contribution in [-0.4, -0.2) is 42.7 Å². The Hall–Kier alpha value is 0.985. The van der Waals surface area contributed by atoms with E-state index in [2.05, 4.69) is 32.3 Å². The van der Waals surface area contributed by atoms with Crippen LogP contribution in [0.25, 0.3) is 0 Å². The van der Waals surface area contributed by atoms with Gasteiger partial charge in [-0.15, -0.1) is 0 Å². The molecule has 0 unspecified atom stereocenters. The van der Waals surface area contributed by atoms with E-state index < -0.39 is 29.0 Å². The van der Waals surface area contributed by atoms with Crippen molar-refractivity contribution in [2.75, 3.05) is 13.7 Å². The van der Waals surface area contributed by atoms with E-state index in [-0.39, 0.29) is 0 Å². The van der Waals surface area contributed by atoms with Gasteiger partial charge in [-0.3, -0.25) is 0 Å². The Kier molecular flexibility index (Phi) is 16.4. The summed E-state index contributed by atoms with van der Waals surface area (Å²) in [5.74, 6) is 4.28. The fourth-order valence-electron chi connectivity index (χ4n) is 0.760. The summed E-state index contributed by atoms with van der Waals surface area (Å²) in [6, 6.07) is 0. The Morgan fingerprint density at radius 1 is 1.00 bits per heavy atom. The van der Waals surface area contributed by atoms with E-state index in [9.17, 15) is 0 Å². The van der Waals surface area contributed by atoms with Crippen LogP contribution in [-0.2, 0) is 7.58 Å². The Balaban J connectivity index is 0. The van der Waals surface area contributed by atoms with Crippen molar-refractivity contribution in [1.29, 1.82) is 0 Å². The second kappa shape index (κ2) is 13.0. The third-order valence-corrected chi connectivity index (χ3v) is 5.35. The molecule has 78 valence electrons. The van der Waals surface area contributed by atoms with Gasteiger partial charge >= 0.3 is 29.0 Å². The molecule has 0 fully saturated rings. The van der Waals surface area contributed by atoms with Crippen LogP contribution in [0.1, 0.15) is 20.8 Å². The predicted molar refractivity (Wildman–Crippen MR) is 62.8 cm³/mol. The summed E-state index contributed by atoms with van der Waals surface area (Å²) in [5, 5.41) is 2.56. The quantitative estimate of drug-likeness (QED) is 0.660. The highest BCUT2D eigenvalue weighted by molar-refractivity contribution is 6.51. The molecular weight excluding hydrogens is 194 g/mol. The summed E-state index contributed by atoms with van der Waals surface area (Å²) in [6.07, 6.45) is 0. The first-order valence-electron chi connectivity index (χ1n) is 5.26. The molecule has 13 heavy (non-hydrogen) atoms. The molecule has 0 aromatic heterocycles. The molecule has 0 aliphatic rings. The zero-order valence-electron chi connectivity index (χ0n) is 10.1. The molecule has 0 bridgehead atoms. The number of hydrogen-bond acceptors (Lipinski definition) is 2. The van der Waals surface area contributed by atoms with Crippen molar-refractivity contribution in [3.8, 4) is 0 Å². The van der Waals surface area contributed by atoms with Crippen molar-refractivity contribution in [2.24, 2.45) is 0 Å². The number of rotatable bonds is 5. The van der Waals surface area contributed by atoms with Crippen LogP contribution in [0.5, 0.6) is 0 Å². The van der Waals surface area contributed by atoms with Crippen LogP contribution in [0, 0.1) is 0 Å². The average Bonchev–Trinajstić information content (AvgIpc) is 2.15. The highest BCUT2D eigenvalue weighted by Gasteiger charge is 2.12. The Bertz CT molecular complexity index is 85.7. The summed E-state index contributed by atoms with van der Waals surface area (Å²) in [6.45, 7) is 7.43. The van der Waals surface area contributed by atoms with Gasteiger partial charge < -0.3 is 7.58 Å². The third-order valence-electron chi connectivity index (χ3n) is 1.78. The molecule has 0 spiro atoms. The molecule has 0 aliphatic carbocycles. The van der Waals surface area contributed by atoms with E-state index in [1.807, 2.05) is 0 Å². The van der Waals surface area contributed by atoms with E-state index >= 15 is 0 Å². The fourth-order valence-corrected chi connectivity index (χ4v) is 2.28. The molecular formula is C9H24Al2O2. The molecule has 0 radical (unpaired) electrons. The standard InChI is InChI=1S/C2H5O.2C2H5.CH3O.2CH3.2Al/c1-2-3;3*1-2;;;;/h2H2,1H3;2*1H2,2H3;1H3;2*1H3;;/q-1;;;-1;;;2*+1. The molecule has 0 rings (SSSR count). The van der Waals surface area contributed by atoms with Crippen LogP contribution in [0.2, 0.25) is 22.1 Å². The van der Waals surface area contributed by atoms with Gasteiger partial charge in [0.15, 0.2) is 0 Å². The van der Waals surface area contributed by atoms with Gasteiger partial charge in [0.1, 0.15) is 0 Å². The molecule has 0 N–H and O–H groups in total. The first-order chi connectivity index (χ1) is 6.12. The number of hydrogen-bond donors (Lipinski definition) is 0. The minimum atomic E-state index is -0.692. The van der Waals surface area contributed by atoms with Crippen LogP contribution in [0.15, 0.2) is 0 Å². The molecule has 0 heterocycles. The Morgan fingerprint density at radius 2 is 1.38 bits per heavy atom. The lowest BCUT2D eigenvalue weighted by molar-refractivity contribution is 0.343. The lowest BCUT2D eigenvalue weighted by Crippen LogP contribution is -2.14. The van der Waals surface area contributed by atoms with E-state index in [0.717, 1.165) is 6.61 Å². The first-order valence-corrected chi connectivity index (χ1v) is 10.1. The smallest absolute Gasteiger partial charge is 0.460 e. The molecule has 0 atom stereocenters. The predicted octanol–water partition coefficient (Wildman–Crippen LogP) is 2.94. The normalized spacial score (nSPS) is 8.77. The van der Waals surface area contributed by atoms with Crippen molar-refractivity contribution in [3.05, 3.63) is 0 Å². The summed E-state index contributed by atoms with van der Waals surface area (Å²) >= 11 is -1.34. The third kappa shape index (κ3) is 15.7. The Labute approximate surface area is 93.1 Å². The zero-order chi connectivity index (χ0) is 10.7. The summed E-state index contributed by atoms with van der Waals surface area (Å²) in [5.41, 5.74) is 0. The van der Waals surface area contributed by atoms with Crippen molar-refractivity contribution < 1.29 is 7.58 Å². The summed E-state index contributed by atoms with van der Waals surface area (Å²) in [4.78, 5) is 0. The van der Waals surface area contributed by atoms with E-state index in [1.165, 1.54) is 10.6 Å². The minimum absolute atomic E-state index is 0.650. The topological polar surface area (TPSA) is 18.5 Å². The van der Waals surface area contributed by atoms with Crippen molar-refractivity contribution >= 4 is 29.0 Å². The van der Waals surface area contributed by atoms with E-state index in [4.69, 9.17) is 7.58 Å². The second-order valence-electron chi connectivity index (χ2n) is 3.18. The van der Waals surface area contributed by atoms with Crippen LogP contribution < -0.4 is 0 Å². The van der Waals surface area contributed by atoms with Gasteiger partial charge in [-0.25, -0.2) is 0 Å². The molecule has 0 aliphatic heterocycles. The average molecular weight is 218 g/mol. The first kappa shape index (κ1) is 16.4. The highest BCUT2D eigenvalue weighted by atomic mass is 27.2. The lowest BCUT2D eigenvalue weighted by atomic mass is 10.9. The van der Waals surface area contributed by atoms with Gasteiger partial charge in [-0.1, -0.05) is 36.0 Å². The monoisotopic (exact) mass is 218 g/mol. The summed E-state index contributed by atoms with van der Waals surface area (Å²) < 4.78 is 10.4. The molecule has 0 saturated heterocycles. The van der Waals surface area contributed by atoms with Crippen molar-refractivity contribution in [1.82, 2.24) is 0 Å². The van der Waals surface area contributed by atoms with Crippen molar-refractivity contribution in [2.45, 2.75) is 42.9 Å². The maximum atomic E-state index is 5.48. The van der Waals surface area contributed by atoms with Gasteiger partial charge in [0.05, 0.1) is 0 Å². The molecule has 4 heteroatoms. The molecule has 2 nitrogen and oxygen atoms in total. The SMILES string of the molecule is CC[O][Al]([CH2]C)[CH2]C.C[O][Al]([CH3])[CH3]. The minimum Gasteiger partial charge on any atom is -0.503 e. The maximum absolute atomic E-state index is 5.48. The highest BCUT2D eigenvalue weighted by Crippen LogP contribution is 1.98. The molecule has 0 aromatic rings. The van der Waals surface area contributed by atoms with Gasteiger partial charge in [-0.05, 0) is 6.92 Å². The van der Waals surface area contributed by atoms with Gasteiger partial charge in [0.2, 0.25) is 0 Å². The molecule has 0 aromatic carbocycles. The second-order valence-corrected chi connectivity index (χ2v) is 8.96. The zero-order valence-corrected chi connectivity index (χ0v) is 12.4. The van der Waals surface area contributed by atoms with E-state index in [1.54, 1.807) is 7.11 Å². The van der Waals surface area contributed by atoms with Gasteiger partial charge in [-0.2, -0.15) is 0 Å².